The summed E-state index contributed by atoms with van der Waals surface area (Å²) in [5.41, 5.74) is 6.33. The fourth-order valence-corrected chi connectivity index (χ4v) is 2.33. The molecule has 0 saturated carbocycles. The van der Waals surface area contributed by atoms with Gasteiger partial charge < -0.3 is 20.5 Å². The third-order valence-electron chi connectivity index (χ3n) is 3.41. The molecule has 2 rings (SSSR count). The number of hydrogen-bond acceptors (Lipinski definition) is 4. The number of likely N-dealkylation sites (N-methyl/N-ethyl adjacent to an activating group) is 1. The molecule has 0 radical (unpaired) electrons. The van der Waals surface area contributed by atoms with Crippen LogP contribution in [0.3, 0.4) is 0 Å². The first-order valence-electron chi connectivity index (χ1n) is 5.94. The molecule has 2 atom stereocenters. The van der Waals surface area contributed by atoms with Crippen molar-refractivity contribution in [2.45, 2.75) is 6.04 Å². The van der Waals surface area contributed by atoms with Crippen molar-refractivity contribution < 1.29 is 19.4 Å². The lowest BCUT2D eigenvalue weighted by Gasteiger charge is -2.29. The highest BCUT2D eigenvalue weighted by Crippen LogP contribution is 2.27. The lowest BCUT2D eigenvalue weighted by atomic mass is 10.0. The van der Waals surface area contributed by atoms with Crippen LogP contribution < -0.4 is 10.6 Å². The number of anilines is 1. The molecule has 1 fully saturated rings. The average Bonchev–Trinajstić information content (AvgIpc) is 2.87. The van der Waals surface area contributed by atoms with Crippen molar-refractivity contribution in [2.24, 2.45) is 11.7 Å². The second-order valence-electron chi connectivity index (χ2n) is 4.54. The quantitative estimate of drug-likeness (QED) is 0.817. The summed E-state index contributed by atoms with van der Waals surface area (Å²) in [5.74, 6) is -2.04. The zero-order chi connectivity index (χ0) is 14.0. The van der Waals surface area contributed by atoms with Gasteiger partial charge in [-0.25, -0.2) is 0 Å². The third kappa shape index (κ3) is 2.53. The number of carboxylic acid groups (broad SMARTS) is 1. The van der Waals surface area contributed by atoms with E-state index in [-0.39, 0.29) is 12.6 Å². The Morgan fingerprint density at radius 1 is 1.37 bits per heavy atom. The van der Waals surface area contributed by atoms with Crippen molar-refractivity contribution in [3.05, 3.63) is 29.8 Å². The molecule has 102 valence electrons. The average molecular weight is 264 g/mol. The Morgan fingerprint density at radius 2 is 2.05 bits per heavy atom. The molecule has 0 aliphatic carbocycles. The van der Waals surface area contributed by atoms with Gasteiger partial charge in [-0.05, 0) is 12.1 Å². The predicted octanol–water partition coefficient (Wildman–Crippen LogP) is 0.321. The highest BCUT2D eigenvalue weighted by Gasteiger charge is 2.37. The van der Waals surface area contributed by atoms with Crippen LogP contribution in [-0.4, -0.2) is 43.3 Å². The molecule has 1 aromatic carbocycles. The molecule has 1 aliphatic rings. The summed E-state index contributed by atoms with van der Waals surface area (Å²) in [6.07, 6.45) is 0. The number of ether oxygens (including phenoxy) is 1. The number of aliphatic carboxylic acids is 1. The first-order valence-corrected chi connectivity index (χ1v) is 5.94. The number of rotatable bonds is 4. The van der Waals surface area contributed by atoms with Crippen molar-refractivity contribution in [1.82, 2.24) is 0 Å². The number of primary amides is 1. The number of amides is 1. The fraction of sp³-hybridized carbons (Fsp3) is 0.385. The molecule has 0 bridgehead atoms. The van der Waals surface area contributed by atoms with Crippen molar-refractivity contribution in [3.8, 4) is 0 Å². The summed E-state index contributed by atoms with van der Waals surface area (Å²) in [5, 5.41) is 9.16. The van der Waals surface area contributed by atoms with Gasteiger partial charge in [0.15, 0.2) is 0 Å². The second-order valence-corrected chi connectivity index (χ2v) is 4.54. The minimum atomic E-state index is -0.897. The van der Waals surface area contributed by atoms with E-state index in [1.165, 1.54) is 0 Å². The maximum atomic E-state index is 11.4. The first-order chi connectivity index (χ1) is 9.02. The lowest BCUT2D eigenvalue weighted by molar-refractivity contribution is -0.141. The molecule has 3 N–H and O–H groups in total. The van der Waals surface area contributed by atoms with Crippen molar-refractivity contribution in [3.63, 3.8) is 0 Å². The Hall–Kier alpha value is -2.08. The van der Waals surface area contributed by atoms with Crippen molar-refractivity contribution in [1.29, 1.82) is 0 Å². The van der Waals surface area contributed by atoms with Crippen LogP contribution in [0.5, 0.6) is 0 Å². The van der Waals surface area contributed by atoms with E-state index in [9.17, 15) is 9.59 Å². The van der Waals surface area contributed by atoms with Gasteiger partial charge in [0, 0.05) is 12.7 Å². The molecule has 1 amide bonds. The molecular weight excluding hydrogens is 248 g/mol. The highest BCUT2D eigenvalue weighted by atomic mass is 16.5. The summed E-state index contributed by atoms with van der Waals surface area (Å²) < 4.78 is 5.24. The Bertz CT molecular complexity index is 503. The molecule has 0 aromatic heterocycles. The van der Waals surface area contributed by atoms with Crippen LogP contribution in [0.1, 0.15) is 10.4 Å². The lowest BCUT2D eigenvalue weighted by Crippen LogP contribution is -2.41. The van der Waals surface area contributed by atoms with Crippen molar-refractivity contribution in [2.75, 3.05) is 25.2 Å². The zero-order valence-corrected chi connectivity index (χ0v) is 10.6. The Morgan fingerprint density at radius 3 is 2.68 bits per heavy atom. The molecule has 1 aromatic rings. The fourth-order valence-electron chi connectivity index (χ4n) is 2.33. The molecule has 1 heterocycles. The zero-order valence-electron chi connectivity index (χ0n) is 10.6. The van der Waals surface area contributed by atoms with Gasteiger partial charge in [-0.2, -0.15) is 0 Å². The molecule has 1 saturated heterocycles. The van der Waals surface area contributed by atoms with Crippen LogP contribution in [0.2, 0.25) is 0 Å². The Labute approximate surface area is 110 Å². The van der Waals surface area contributed by atoms with E-state index in [0.29, 0.717) is 17.9 Å². The minimum absolute atomic E-state index is 0.184. The number of nitrogens with two attached hydrogens (primary N) is 1. The van der Waals surface area contributed by atoms with E-state index in [0.717, 1.165) is 0 Å². The van der Waals surface area contributed by atoms with Gasteiger partial charge >= 0.3 is 5.97 Å². The van der Waals surface area contributed by atoms with E-state index in [4.69, 9.17) is 15.6 Å². The van der Waals surface area contributed by atoms with Gasteiger partial charge in [0.2, 0.25) is 0 Å². The Kier molecular flexibility index (Phi) is 3.71. The summed E-state index contributed by atoms with van der Waals surface area (Å²) in [6, 6.07) is 6.57. The van der Waals surface area contributed by atoms with Gasteiger partial charge in [0.1, 0.15) is 5.92 Å². The van der Waals surface area contributed by atoms with Gasteiger partial charge in [0.25, 0.3) is 5.91 Å². The first kappa shape index (κ1) is 13.4. The highest BCUT2D eigenvalue weighted by molar-refractivity contribution is 5.98. The molecular formula is C13H16N2O4. The number of carboxylic acids is 1. The molecule has 6 nitrogen and oxygen atoms in total. The maximum absolute atomic E-state index is 11.4. The van der Waals surface area contributed by atoms with E-state index >= 15 is 0 Å². The SMILES string of the molecule is CN(c1ccccc1C(N)=O)C1COCC1C(=O)O. The molecule has 1 aliphatic heterocycles. The molecule has 6 heteroatoms. The number of carbonyl (C=O) groups excluding carboxylic acids is 1. The van der Waals surface area contributed by atoms with Crippen LogP contribution in [0.15, 0.2) is 24.3 Å². The number of nitrogens with zero attached hydrogens (tertiary/aromatic N) is 1. The van der Waals surface area contributed by atoms with Gasteiger partial charge in [-0.15, -0.1) is 0 Å². The van der Waals surface area contributed by atoms with Gasteiger partial charge in [0.05, 0.1) is 24.8 Å². The predicted molar refractivity (Wildman–Crippen MR) is 69.1 cm³/mol. The van der Waals surface area contributed by atoms with Gasteiger partial charge in [-0.1, -0.05) is 12.1 Å². The summed E-state index contributed by atoms with van der Waals surface area (Å²) in [4.78, 5) is 24.3. The summed E-state index contributed by atoms with van der Waals surface area (Å²) in [6.45, 7) is 0.504. The number of benzene rings is 1. The van der Waals surface area contributed by atoms with Gasteiger partial charge in [-0.3, -0.25) is 9.59 Å². The van der Waals surface area contributed by atoms with Crippen LogP contribution in [0.4, 0.5) is 5.69 Å². The Balaban J connectivity index is 2.31. The minimum Gasteiger partial charge on any atom is -0.481 e. The van der Waals surface area contributed by atoms with Crippen LogP contribution in [0.25, 0.3) is 0 Å². The van der Waals surface area contributed by atoms with Crippen LogP contribution in [-0.2, 0) is 9.53 Å². The largest absolute Gasteiger partial charge is 0.481 e. The third-order valence-corrected chi connectivity index (χ3v) is 3.41. The summed E-state index contributed by atoms with van der Waals surface area (Å²) in [7, 11) is 1.75. The summed E-state index contributed by atoms with van der Waals surface area (Å²) >= 11 is 0. The van der Waals surface area contributed by atoms with E-state index in [1.807, 2.05) is 0 Å². The molecule has 2 unspecified atom stereocenters. The van der Waals surface area contributed by atoms with E-state index in [2.05, 4.69) is 0 Å². The topological polar surface area (TPSA) is 92.9 Å². The number of para-hydroxylation sites is 1. The van der Waals surface area contributed by atoms with Crippen LogP contribution >= 0.6 is 0 Å². The standard InChI is InChI=1S/C13H16N2O4/c1-15(11-7-19-6-9(11)13(17)18)10-5-3-2-4-8(10)12(14)16/h2-5,9,11H,6-7H2,1H3,(H2,14,16)(H,17,18). The molecule has 19 heavy (non-hydrogen) atoms. The maximum Gasteiger partial charge on any atom is 0.311 e. The molecule has 0 spiro atoms. The number of carbonyl (C=O) groups is 2. The number of hydrogen-bond donors (Lipinski definition) is 2. The normalized spacial score (nSPS) is 22.2. The van der Waals surface area contributed by atoms with E-state index < -0.39 is 17.8 Å². The second kappa shape index (κ2) is 5.27. The van der Waals surface area contributed by atoms with E-state index in [1.54, 1.807) is 36.2 Å². The van der Waals surface area contributed by atoms with Crippen molar-refractivity contribution >= 4 is 17.6 Å². The smallest absolute Gasteiger partial charge is 0.311 e. The monoisotopic (exact) mass is 264 g/mol. The van der Waals surface area contributed by atoms with Crippen LogP contribution in [0, 0.1) is 5.92 Å².